The van der Waals surface area contributed by atoms with Crippen LogP contribution in [0.2, 0.25) is 0 Å². The zero-order chi connectivity index (χ0) is 21.1. The van der Waals surface area contributed by atoms with Crippen LogP contribution in [-0.4, -0.2) is 52.9 Å². The van der Waals surface area contributed by atoms with Crippen LogP contribution in [0, 0.1) is 5.92 Å². The van der Waals surface area contributed by atoms with Crippen molar-refractivity contribution in [3.63, 3.8) is 0 Å². The summed E-state index contributed by atoms with van der Waals surface area (Å²) in [5.74, 6) is 1.18. The summed E-state index contributed by atoms with van der Waals surface area (Å²) in [5.41, 5.74) is 5.63. The number of anilines is 1. The summed E-state index contributed by atoms with van der Waals surface area (Å²) in [6.07, 6.45) is 8.00. The van der Waals surface area contributed by atoms with E-state index in [4.69, 9.17) is 9.97 Å². The van der Waals surface area contributed by atoms with Gasteiger partial charge < -0.3 is 19.1 Å². The summed E-state index contributed by atoms with van der Waals surface area (Å²) in [6.45, 7) is 3.29. The Balaban J connectivity index is 1.49. The normalized spacial score (nSPS) is 23.3. The summed E-state index contributed by atoms with van der Waals surface area (Å²) in [7, 11) is 1.98. The molecule has 2 unspecified atom stereocenters. The van der Waals surface area contributed by atoms with Gasteiger partial charge in [0.15, 0.2) is 5.65 Å². The SMILES string of the molecule is CCn1cnc2cc(-c3nc(N4C5CCC4CC(CO)C5)nc4c3ncn4C)ccc21. The van der Waals surface area contributed by atoms with Crippen molar-refractivity contribution in [3.05, 3.63) is 30.9 Å². The molecule has 160 valence electrons. The zero-order valence-electron chi connectivity index (χ0n) is 17.9. The highest BCUT2D eigenvalue weighted by molar-refractivity contribution is 5.91. The van der Waals surface area contributed by atoms with E-state index in [1.54, 1.807) is 0 Å². The monoisotopic (exact) mass is 417 g/mol. The van der Waals surface area contributed by atoms with Crippen LogP contribution in [-0.2, 0) is 13.6 Å². The molecule has 2 fully saturated rings. The average Bonchev–Trinajstić information content (AvgIpc) is 3.46. The number of rotatable bonds is 4. The van der Waals surface area contributed by atoms with Crippen LogP contribution in [0.25, 0.3) is 33.5 Å². The van der Waals surface area contributed by atoms with Crippen molar-refractivity contribution >= 4 is 28.1 Å². The van der Waals surface area contributed by atoms with Gasteiger partial charge in [-0.25, -0.2) is 15.0 Å². The number of imidazole rings is 2. The fourth-order valence-corrected chi connectivity index (χ4v) is 5.54. The van der Waals surface area contributed by atoms with E-state index in [9.17, 15) is 5.11 Å². The molecular weight excluding hydrogens is 390 g/mol. The van der Waals surface area contributed by atoms with E-state index < -0.39 is 0 Å². The predicted molar refractivity (Wildman–Crippen MR) is 120 cm³/mol. The van der Waals surface area contributed by atoms with Crippen LogP contribution in [0.5, 0.6) is 0 Å². The largest absolute Gasteiger partial charge is 0.396 e. The Labute approximate surface area is 180 Å². The highest BCUT2D eigenvalue weighted by Gasteiger charge is 2.42. The zero-order valence-corrected chi connectivity index (χ0v) is 17.9. The van der Waals surface area contributed by atoms with Crippen molar-refractivity contribution in [2.45, 2.75) is 51.2 Å². The Morgan fingerprint density at radius 1 is 1.06 bits per heavy atom. The van der Waals surface area contributed by atoms with E-state index in [-0.39, 0.29) is 6.61 Å². The third kappa shape index (κ3) is 2.85. The van der Waals surface area contributed by atoms with Crippen molar-refractivity contribution in [1.82, 2.24) is 29.1 Å². The first-order valence-electron chi connectivity index (χ1n) is 11.2. The lowest BCUT2D eigenvalue weighted by Gasteiger charge is -2.38. The fraction of sp³-hybridized carbons (Fsp3) is 0.478. The average molecular weight is 418 g/mol. The van der Waals surface area contributed by atoms with E-state index in [1.807, 2.05) is 24.3 Å². The summed E-state index contributed by atoms with van der Waals surface area (Å²) in [5, 5.41) is 9.69. The van der Waals surface area contributed by atoms with Gasteiger partial charge in [0.2, 0.25) is 5.95 Å². The second-order valence-corrected chi connectivity index (χ2v) is 8.95. The maximum Gasteiger partial charge on any atom is 0.228 e. The van der Waals surface area contributed by atoms with Gasteiger partial charge in [-0.15, -0.1) is 0 Å². The Kier molecular flexibility index (Phi) is 4.24. The Morgan fingerprint density at radius 3 is 2.61 bits per heavy atom. The molecule has 2 bridgehead atoms. The number of hydrogen-bond acceptors (Lipinski definition) is 6. The minimum Gasteiger partial charge on any atom is -0.396 e. The number of hydrogen-bond donors (Lipinski definition) is 1. The number of fused-ring (bicyclic) bond motifs is 4. The van der Waals surface area contributed by atoms with E-state index >= 15 is 0 Å². The molecule has 3 aromatic heterocycles. The molecule has 8 heteroatoms. The number of nitrogens with zero attached hydrogens (tertiary/aromatic N) is 7. The summed E-state index contributed by atoms with van der Waals surface area (Å²) in [6, 6.07) is 7.14. The standard InChI is InChI=1S/C23H27N7O/c1-3-29-13-24-18-10-15(4-7-19(18)29)20-21-22(28(2)12-25-21)27-23(26-20)30-16-5-6-17(30)9-14(8-16)11-31/h4,7,10,12-14,16-17,31H,3,5-6,8-9,11H2,1-2H3. The fourth-order valence-electron chi connectivity index (χ4n) is 5.54. The molecule has 0 spiro atoms. The Morgan fingerprint density at radius 2 is 1.87 bits per heavy atom. The summed E-state index contributed by atoms with van der Waals surface area (Å²) < 4.78 is 4.11. The van der Waals surface area contributed by atoms with E-state index in [2.05, 4.69) is 44.6 Å². The molecule has 31 heavy (non-hydrogen) atoms. The first-order valence-corrected chi connectivity index (χ1v) is 11.2. The topological polar surface area (TPSA) is 84.9 Å². The second kappa shape index (κ2) is 7.02. The molecule has 4 aromatic rings. The van der Waals surface area contributed by atoms with Crippen LogP contribution in [0.1, 0.15) is 32.6 Å². The number of aliphatic hydroxyl groups excluding tert-OH is 1. The van der Waals surface area contributed by atoms with Gasteiger partial charge in [-0.3, -0.25) is 0 Å². The van der Waals surface area contributed by atoms with Crippen LogP contribution in [0.15, 0.2) is 30.9 Å². The molecule has 5 heterocycles. The number of piperidine rings is 1. The molecule has 2 saturated heterocycles. The number of aliphatic hydroxyl groups is 1. The molecule has 1 N–H and O–H groups in total. The maximum absolute atomic E-state index is 9.69. The highest BCUT2D eigenvalue weighted by Crippen LogP contribution is 2.41. The number of benzene rings is 1. The minimum absolute atomic E-state index is 0.276. The highest BCUT2D eigenvalue weighted by atomic mass is 16.3. The maximum atomic E-state index is 9.69. The van der Waals surface area contributed by atoms with Crippen molar-refractivity contribution in [1.29, 1.82) is 0 Å². The molecule has 1 aromatic carbocycles. The molecular formula is C23H27N7O. The van der Waals surface area contributed by atoms with Gasteiger partial charge in [0.1, 0.15) is 11.2 Å². The van der Waals surface area contributed by atoms with Crippen LogP contribution in [0.3, 0.4) is 0 Å². The minimum atomic E-state index is 0.276. The number of aromatic nitrogens is 6. The smallest absolute Gasteiger partial charge is 0.228 e. The molecule has 2 aliphatic heterocycles. The molecule has 0 radical (unpaired) electrons. The quantitative estimate of drug-likeness (QED) is 0.549. The molecule has 0 aliphatic carbocycles. The van der Waals surface area contributed by atoms with Gasteiger partial charge in [0.25, 0.3) is 0 Å². The van der Waals surface area contributed by atoms with Crippen molar-refractivity contribution in [3.8, 4) is 11.3 Å². The van der Waals surface area contributed by atoms with Gasteiger partial charge in [0, 0.05) is 37.8 Å². The van der Waals surface area contributed by atoms with Crippen molar-refractivity contribution in [2.24, 2.45) is 13.0 Å². The molecule has 8 nitrogen and oxygen atoms in total. The van der Waals surface area contributed by atoms with Crippen LogP contribution < -0.4 is 4.90 Å². The summed E-state index contributed by atoms with van der Waals surface area (Å²) in [4.78, 5) is 21.6. The van der Waals surface area contributed by atoms with E-state index in [1.165, 1.54) is 0 Å². The molecule has 0 saturated carbocycles. The predicted octanol–water partition coefficient (Wildman–Crippen LogP) is 3.14. The van der Waals surface area contributed by atoms with Crippen LogP contribution >= 0.6 is 0 Å². The first-order chi connectivity index (χ1) is 15.2. The van der Waals surface area contributed by atoms with E-state index in [0.717, 1.165) is 71.6 Å². The van der Waals surface area contributed by atoms with Gasteiger partial charge in [-0.1, -0.05) is 6.07 Å². The van der Waals surface area contributed by atoms with Gasteiger partial charge >= 0.3 is 0 Å². The Bertz CT molecular complexity index is 1260. The van der Waals surface area contributed by atoms with Crippen molar-refractivity contribution < 1.29 is 5.11 Å². The third-order valence-electron chi connectivity index (χ3n) is 7.10. The van der Waals surface area contributed by atoms with Gasteiger partial charge in [0.05, 0.1) is 23.7 Å². The van der Waals surface area contributed by atoms with Crippen LogP contribution in [0.4, 0.5) is 5.95 Å². The Hall–Kier alpha value is -3.00. The molecule has 2 atom stereocenters. The molecule has 2 aliphatic rings. The lowest BCUT2D eigenvalue weighted by molar-refractivity contribution is 0.185. The molecule has 6 rings (SSSR count). The second-order valence-electron chi connectivity index (χ2n) is 8.95. The lowest BCUT2D eigenvalue weighted by atomic mass is 9.92. The first kappa shape index (κ1) is 18.7. The summed E-state index contributed by atoms with van der Waals surface area (Å²) >= 11 is 0. The third-order valence-corrected chi connectivity index (χ3v) is 7.10. The van der Waals surface area contributed by atoms with Gasteiger partial charge in [-0.05, 0) is 50.7 Å². The van der Waals surface area contributed by atoms with Gasteiger partial charge in [-0.2, -0.15) is 4.98 Å². The van der Waals surface area contributed by atoms with E-state index in [0.29, 0.717) is 18.0 Å². The lowest BCUT2D eigenvalue weighted by Crippen LogP contribution is -2.44. The molecule has 0 amide bonds. The number of aryl methyl sites for hydroxylation is 2. The van der Waals surface area contributed by atoms with Crippen molar-refractivity contribution in [2.75, 3.05) is 11.5 Å².